The van der Waals surface area contributed by atoms with E-state index in [1.165, 1.54) is 7.11 Å². The number of methoxy groups -OCH3 is 1. The first-order chi connectivity index (χ1) is 13.2. The third kappa shape index (κ3) is 4.98. The fourth-order valence-electron chi connectivity index (χ4n) is 2.74. The van der Waals surface area contributed by atoms with Gasteiger partial charge in [-0.15, -0.1) is 0 Å². The largest absolute Gasteiger partial charge is 0.453 e. The van der Waals surface area contributed by atoms with Gasteiger partial charge in [0.25, 0.3) is 0 Å². The second-order valence-corrected chi connectivity index (χ2v) is 5.99. The monoisotopic (exact) mass is 363 g/mol. The highest BCUT2D eigenvalue weighted by atomic mass is 16.5. The molecule has 0 fully saturated rings. The molecule has 0 heterocycles. The van der Waals surface area contributed by atoms with Crippen LogP contribution in [-0.4, -0.2) is 19.2 Å². The lowest BCUT2D eigenvalue weighted by Gasteiger charge is -2.10. The highest BCUT2D eigenvalue weighted by Gasteiger charge is 2.05. The number of nitrogens with one attached hydrogen (secondary N) is 3. The Bertz CT molecular complexity index is 934. The van der Waals surface area contributed by atoms with Crippen LogP contribution in [0.4, 0.5) is 15.3 Å². The maximum Gasteiger partial charge on any atom is 0.411 e. The molecule has 0 aliphatic rings. The number of hydrogen-bond acceptors (Lipinski definition) is 3. The van der Waals surface area contributed by atoms with Crippen molar-refractivity contribution in [1.82, 2.24) is 10.6 Å². The summed E-state index contributed by atoms with van der Waals surface area (Å²) in [5.41, 5.74) is 2.62. The van der Waals surface area contributed by atoms with Crippen LogP contribution in [0.15, 0.2) is 66.7 Å². The molecular weight excluding hydrogens is 342 g/mol. The van der Waals surface area contributed by atoms with Crippen molar-refractivity contribution >= 4 is 28.6 Å². The van der Waals surface area contributed by atoms with E-state index < -0.39 is 6.09 Å². The number of urea groups is 1. The van der Waals surface area contributed by atoms with E-state index in [0.29, 0.717) is 18.8 Å². The van der Waals surface area contributed by atoms with Crippen LogP contribution in [0.2, 0.25) is 0 Å². The van der Waals surface area contributed by atoms with Crippen molar-refractivity contribution in [3.05, 3.63) is 77.9 Å². The second-order valence-electron chi connectivity index (χ2n) is 5.99. The van der Waals surface area contributed by atoms with Gasteiger partial charge in [-0.05, 0) is 34.0 Å². The van der Waals surface area contributed by atoms with Crippen molar-refractivity contribution in [1.29, 1.82) is 0 Å². The topological polar surface area (TPSA) is 79.5 Å². The Labute approximate surface area is 157 Å². The minimum atomic E-state index is -0.520. The molecule has 6 nitrogen and oxygen atoms in total. The maximum atomic E-state index is 12.1. The summed E-state index contributed by atoms with van der Waals surface area (Å²) in [6.45, 7) is 0.842. The van der Waals surface area contributed by atoms with Crippen LogP contribution in [-0.2, 0) is 17.8 Å². The van der Waals surface area contributed by atoms with Crippen LogP contribution < -0.4 is 16.0 Å². The number of hydrogen-bond donors (Lipinski definition) is 3. The molecule has 0 unspecified atom stereocenters. The maximum absolute atomic E-state index is 12.1. The molecule has 3 rings (SSSR count). The molecule has 27 heavy (non-hydrogen) atoms. The number of carbonyl (C=O) groups excluding carboxylic acids is 2. The molecule has 3 aromatic rings. The van der Waals surface area contributed by atoms with Crippen molar-refractivity contribution in [2.45, 2.75) is 13.1 Å². The van der Waals surface area contributed by atoms with Gasteiger partial charge >= 0.3 is 12.1 Å². The van der Waals surface area contributed by atoms with Gasteiger partial charge in [0.15, 0.2) is 0 Å². The van der Waals surface area contributed by atoms with Crippen LogP contribution in [0.25, 0.3) is 10.8 Å². The van der Waals surface area contributed by atoms with Crippen molar-refractivity contribution in [3.8, 4) is 0 Å². The van der Waals surface area contributed by atoms with E-state index in [1.54, 1.807) is 12.1 Å². The molecule has 0 aliphatic carbocycles. The Balaban J connectivity index is 1.50. The van der Waals surface area contributed by atoms with Crippen LogP contribution in [0.3, 0.4) is 0 Å². The van der Waals surface area contributed by atoms with E-state index in [9.17, 15) is 9.59 Å². The summed E-state index contributed by atoms with van der Waals surface area (Å²) in [6.07, 6.45) is -0.520. The molecule has 0 bridgehead atoms. The fourth-order valence-corrected chi connectivity index (χ4v) is 2.74. The number of fused-ring (bicyclic) bond motifs is 1. The standard InChI is InChI=1S/C21H21N3O3/c1-27-21(26)24-18-11-9-15(10-12-18)13-22-20(25)23-14-17-7-4-6-16-5-2-3-8-19(16)17/h2-12H,13-14H2,1H3,(H,24,26)(H2,22,23,25). The Kier molecular flexibility index (Phi) is 5.89. The average Bonchev–Trinajstić information content (AvgIpc) is 2.71. The number of benzene rings is 3. The highest BCUT2D eigenvalue weighted by Crippen LogP contribution is 2.18. The minimum absolute atomic E-state index is 0.236. The summed E-state index contributed by atoms with van der Waals surface area (Å²) in [5, 5.41) is 10.6. The van der Waals surface area contributed by atoms with E-state index in [2.05, 4.69) is 32.8 Å². The Morgan fingerprint density at radius 3 is 2.33 bits per heavy atom. The zero-order chi connectivity index (χ0) is 19.1. The number of amides is 3. The zero-order valence-corrected chi connectivity index (χ0v) is 15.0. The van der Waals surface area contributed by atoms with E-state index in [1.807, 2.05) is 42.5 Å². The van der Waals surface area contributed by atoms with Crippen LogP contribution in [0.5, 0.6) is 0 Å². The lowest BCUT2D eigenvalue weighted by atomic mass is 10.0. The number of carbonyl (C=O) groups is 2. The summed E-state index contributed by atoms with van der Waals surface area (Å²) >= 11 is 0. The van der Waals surface area contributed by atoms with Gasteiger partial charge in [0, 0.05) is 18.8 Å². The summed E-state index contributed by atoms with van der Waals surface area (Å²) in [7, 11) is 1.31. The summed E-state index contributed by atoms with van der Waals surface area (Å²) in [4.78, 5) is 23.2. The molecule has 0 aliphatic heterocycles. The fraction of sp³-hybridized carbons (Fsp3) is 0.143. The van der Waals surface area contributed by atoms with Crippen molar-refractivity contribution in [3.63, 3.8) is 0 Å². The second kappa shape index (κ2) is 8.71. The normalized spacial score (nSPS) is 10.3. The molecule has 0 saturated carbocycles. The molecule has 0 saturated heterocycles. The molecule has 0 radical (unpaired) electrons. The molecular formula is C21H21N3O3. The molecule has 6 heteroatoms. The summed E-state index contributed by atoms with van der Waals surface area (Å²) in [5.74, 6) is 0. The van der Waals surface area contributed by atoms with Crippen LogP contribution in [0, 0.1) is 0 Å². The van der Waals surface area contributed by atoms with Gasteiger partial charge in [0.05, 0.1) is 7.11 Å². The Morgan fingerprint density at radius 2 is 1.56 bits per heavy atom. The molecule has 0 spiro atoms. The van der Waals surface area contributed by atoms with E-state index in [-0.39, 0.29) is 6.03 Å². The third-order valence-corrected chi connectivity index (χ3v) is 4.16. The summed E-state index contributed by atoms with van der Waals surface area (Å²) < 4.78 is 4.54. The predicted octanol–water partition coefficient (Wildman–Crippen LogP) is 4.02. The lowest BCUT2D eigenvalue weighted by molar-refractivity contribution is 0.187. The van der Waals surface area contributed by atoms with Gasteiger partial charge in [-0.2, -0.15) is 0 Å². The molecule has 138 valence electrons. The molecule has 3 amide bonds. The first kappa shape index (κ1) is 18.3. The van der Waals surface area contributed by atoms with Gasteiger partial charge in [-0.3, -0.25) is 5.32 Å². The third-order valence-electron chi connectivity index (χ3n) is 4.16. The smallest absolute Gasteiger partial charge is 0.411 e. The molecule has 0 aromatic heterocycles. The Hall–Kier alpha value is -3.54. The van der Waals surface area contributed by atoms with Crippen LogP contribution in [0.1, 0.15) is 11.1 Å². The molecule has 3 N–H and O–H groups in total. The molecule has 0 atom stereocenters. The van der Waals surface area contributed by atoms with Gasteiger partial charge in [0.2, 0.25) is 0 Å². The number of anilines is 1. The predicted molar refractivity (Wildman–Crippen MR) is 105 cm³/mol. The first-order valence-electron chi connectivity index (χ1n) is 8.58. The van der Waals surface area contributed by atoms with E-state index >= 15 is 0 Å². The summed E-state index contributed by atoms with van der Waals surface area (Å²) in [6, 6.07) is 21.1. The SMILES string of the molecule is COC(=O)Nc1ccc(CNC(=O)NCc2cccc3ccccc23)cc1. The number of ether oxygens (including phenoxy) is 1. The minimum Gasteiger partial charge on any atom is -0.453 e. The van der Waals surface area contributed by atoms with Crippen molar-refractivity contribution in [2.75, 3.05) is 12.4 Å². The van der Waals surface area contributed by atoms with E-state index in [0.717, 1.165) is 21.9 Å². The Morgan fingerprint density at radius 1 is 0.852 bits per heavy atom. The zero-order valence-electron chi connectivity index (χ0n) is 15.0. The quantitative estimate of drug-likeness (QED) is 0.641. The lowest BCUT2D eigenvalue weighted by Crippen LogP contribution is -2.34. The molecule has 3 aromatic carbocycles. The van der Waals surface area contributed by atoms with Gasteiger partial charge in [-0.1, -0.05) is 54.6 Å². The van der Waals surface area contributed by atoms with Crippen molar-refractivity contribution in [2.24, 2.45) is 0 Å². The van der Waals surface area contributed by atoms with Crippen LogP contribution >= 0.6 is 0 Å². The highest BCUT2D eigenvalue weighted by molar-refractivity contribution is 5.86. The first-order valence-corrected chi connectivity index (χ1v) is 8.58. The van der Waals surface area contributed by atoms with Crippen molar-refractivity contribution < 1.29 is 14.3 Å². The van der Waals surface area contributed by atoms with Gasteiger partial charge < -0.3 is 15.4 Å². The van der Waals surface area contributed by atoms with Gasteiger partial charge in [0.1, 0.15) is 0 Å². The van der Waals surface area contributed by atoms with Gasteiger partial charge in [-0.25, -0.2) is 9.59 Å². The number of rotatable bonds is 5. The van der Waals surface area contributed by atoms with E-state index in [4.69, 9.17) is 0 Å². The average molecular weight is 363 g/mol.